The number of imide groups is 1. The molecule has 2 aromatic carbocycles. The van der Waals surface area contributed by atoms with Gasteiger partial charge in [0.15, 0.2) is 17.0 Å². The number of aliphatic hydroxyl groups excluding tert-OH is 1. The maximum Gasteiger partial charge on any atom is 0.327 e. The van der Waals surface area contributed by atoms with Gasteiger partial charge in [-0.15, -0.1) is 0 Å². The van der Waals surface area contributed by atoms with E-state index in [2.05, 4.69) is 5.32 Å². The summed E-state index contributed by atoms with van der Waals surface area (Å²) in [7, 11) is 0. The molecule has 0 radical (unpaired) electrons. The number of rotatable bonds is 5. The molecular weight excluding hydrogens is 462 g/mol. The van der Waals surface area contributed by atoms with Crippen molar-refractivity contribution in [2.45, 2.75) is 24.6 Å². The highest BCUT2D eigenvalue weighted by Gasteiger charge is 2.70. The van der Waals surface area contributed by atoms with E-state index >= 15 is 0 Å². The predicted octanol–water partition coefficient (Wildman–Crippen LogP) is 1.02. The highest BCUT2D eigenvalue weighted by molar-refractivity contribution is 6.24. The molecule has 3 N–H and O–H groups in total. The Balaban J connectivity index is 1.64. The maximum atomic E-state index is 13.6. The number of aliphatic carboxylic acids is 1. The van der Waals surface area contributed by atoms with Crippen LogP contribution < -0.4 is 19.7 Å². The van der Waals surface area contributed by atoms with Crippen LogP contribution in [0.4, 0.5) is 11.4 Å². The highest BCUT2D eigenvalue weighted by atomic mass is 16.6. The zero-order valence-electron chi connectivity index (χ0n) is 18.4. The lowest BCUT2D eigenvalue weighted by Gasteiger charge is -2.33. The van der Waals surface area contributed by atoms with Gasteiger partial charge in [0.2, 0.25) is 11.8 Å². The molecule has 5 atom stereocenters. The van der Waals surface area contributed by atoms with Crippen molar-refractivity contribution in [3.05, 3.63) is 58.1 Å². The van der Waals surface area contributed by atoms with Gasteiger partial charge in [0.05, 0.1) is 28.6 Å². The second-order valence-corrected chi connectivity index (χ2v) is 8.67. The summed E-state index contributed by atoms with van der Waals surface area (Å²) in [4.78, 5) is 51.1. The van der Waals surface area contributed by atoms with Gasteiger partial charge in [-0.25, -0.2) is 4.90 Å². The molecule has 2 fully saturated rings. The monoisotopic (exact) mass is 483 g/mol. The number of nitro groups is 1. The number of carbonyl (C=O) groups excluding carboxylic acids is 2. The Kier molecular flexibility index (Phi) is 5.22. The van der Waals surface area contributed by atoms with Gasteiger partial charge in [-0.05, 0) is 30.7 Å². The van der Waals surface area contributed by atoms with E-state index in [1.165, 1.54) is 25.1 Å². The quantitative estimate of drug-likeness (QED) is 0.317. The molecule has 0 saturated carbocycles. The number of carboxylic acids is 1. The van der Waals surface area contributed by atoms with Crippen molar-refractivity contribution in [1.29, 1.82) is 0 Å². The minimum absolute atomic E-state index is 0.0468. The Labute approximate surface area is 198 Å². The average molecular weight is 483 g/mol. The number of ether oxygens (including phenoxy) is 2. The summed E-state index contributed by atoms with van der Waals surface area (Å²) in [5.74, 6) is -4.86. The van der Waals surface area contributed by atoms with E-state index in [4.69, 9.17) is 9.47 Å². The molecule has 12 nitrogen and oxygen atoms in total. The van der Waals surface area contributed by atoms with Crippen LogP contribution in [0.15, 0.2) is 42.5 Å². The molecule has 3 aliphatic heterocycles. The van der Waals surface area contributed by atoms with Crippen LogP contribution in [0.3, 0.4) is 0 Å². The molecule has 2 amide bonds. The Morgan fingerprint density at radius 2 is 1.89 bits per heavy atom. The number of hydrogen-bond donors (Lipinski definition) is 3. The number of carboxylic acid groups (broad SMARTS) is 1. The van der Waals surface area contributed by atoms with Gasteiger partial charge >= 0.3 is 5.97 Å². The first kappa shape index (κ1) is 22.7. The molecule has 0 spiro atoms. The zero-order valence-corrected chi connectivity index (χ0v) is 18.4. The molecule has 2 aromatic rings. The van der Waals surface area contributed by atoms with Gasteiger partial charge in [-0.2, -0.15) is 0 Å². The number of amides is 2. The van der Waals surface area contributed by atoms with Crippen molar-refractivity contribution in [3.63, 3.8) is 0 Å². The van der Waals surface area contributed by atoms with Crippen molar-refractivity contribution in [1.82, 2.24) is 5.32 Å². The lowest BCUT2D eigenvalue weighted by Crippen LogP contribution is -2.62. The SMILES string of the molecule is CC(O)C1(C(=O)O)NC(c2ccc3c(c2)OCCO3)C2C(=O)N(c3cccc([N+](=O)[O-])c3)C(=O)C21. The molecule has 0 bridgehead atoms. The first-order valence-corrected chi connectivity index (χ1v) is 10.9. The summed E-state index contributed by atoms with van der Waals surface area (Å²) >= 11 is 0. The maximum absolute atomic E-state index is 13.6. The predicted molar refractivity (Wildman–Crippen MR) is 118 cm³/mol. The van der Waals surface area contributed by atoms with Crippen molar-refractivity contribution >= 4 is 29.2 Å². The molecule has 182 valence electrons. The fraction of sp³-hybridized carbons (Fsp3) is 0.348. The van der Waals surface area contributed by atoms with Crippen LogP contribution in [0.25, 0.3) is 0 Å². The number of nitrogens with zero attached hydrogens (tertiary/aromatic N) is 2. The summed E-state index contributed by atoms with van der Waals surface area (Å²) in [5.41, 5.74) is -2.09. The molecule has 0 aliphatic carbocycles. The van der Waals surface area contributed by atoms with Gasteiger partial charge in [0.25, 0.3) is 5.69 Å². The summed E-state index contributed by atoms with van der Waals surface area (Å²) < 4.78 is 11.1. The number of fused-ring (bicyclic) bond motifs is 2. The largest absolute Gasteiger partial charge is 0.486 e. The summed E-state index contributed by atoms with van der Waals surface area (Å²) in [6.45, 7) is 1.91. The molecule has 12 heteroatoms. The molecule has 2 saturated heterocycles. The first-order valence-electron chi connectivity index (χ1n) is 10.9. The van der Waals surface area contributed by atoms with Gasteiger partial charge in [0.1, 0.15) is 13.2 Å². The van der Waals surface area contributed by atoms with E-state index in [-0.39, 0.29) is 11.4 Å². The summed E-state index contributed by atoms with van der Waals surface area (Å²) in [5, 5.41) is 34.9. The van der Waals surface area contributed by atoms with Crippen molar-refractivity contribution in [2.75, 3.05) is 18.1 Å². The van der Waals surface area contributed by atoms with Crippen LogP contribution in [0.1, 0.15) is 18.5 Å². The zero-order chi connectivity index (χ0) is 25.1. The lowest BCUT2D eigenvalue weighted by atomic mass is 9.76. The number of carbonyl (C=O) groups is 3. The van der Waals surface area contributed by atoms with Crippen molar-refractivity contribution < 1.29 is 39.0 Å². The van der Waals surface area contributed by atoms with Gasteiger partial charge < -0.3 is 19.7 Å². The van der Waals surface area contributed by atoms with Crippen LogP contribution in [0.5, 0.6) is 11.5 Å². The van der Waals surface area contributed by atoms with E-state index in [0.717, 1.165) is 11.0 Å². The van der Waals surface area contributed by atoms with Gasteiger partial charge in [0, 0.05) is 18.2 Å². The van der Waals surface area contributed by atoms with E-state index in [1.54, 1.807) is 18.2 Å². The summed E-state index contributed by atoms with van der Waals surface area (Å²) in [6.07, 6.45) is -1.56. The fourth-order valence-corrected chi connectivity index (χ4v) is 5.24. The van der Waals surface area contributed by atoms with Crippen LogP contribution in [0.2, 0.25) is 0 Å². The van der Waals surface area contributed by atoms with E-state index < -0.39 is 52.2 Å². The average Bonchev–Trinajstić information content (AvgIpc) is 3.33. The molecular formula is C23H21N3O9. The number of nitro benzene ring substituents is 1. The first-order chi connectivity index (χ1) is 16.7. The Bertz CT molecular complexity index is 1260. The minimum Gasteiger partial charge on any atom is -0.486 e. The fourth-order valence-electron chi connectivity index (χ4n) is 5.24. The third-order valence-electron chi connectivity index (χ3n) is 6.83. The van der Waals surface area contributed by atoms with Gasteiger partial charge in [-0.3, -0.25) is 29.8 Å². The molecule has 35 heavy (non-hydrogen) atoms. The van der Waals surface area contributed by atoms with Gasteiger partial charge in [-0.1, -0.05) is 12.1 Å². The second kappa shape index (κ2) is 8.03. The second-order valence-electron chi connectivity index (χ2n) is 8.67. The topological polar surface area (TPSA) is 169 Å². The molecule has 0 aromatic heterocycles. The highest BCUT2D eigenvalue weighted by Crippen LogP contribution is 2.52. The normalized spacial score (nSPS) is 28.1. The Morgan fingerprint density at radius 3 is 2.54 bits per heavy atom. The number of anilines is 1. The lowest BCUT2D eigenvalue weighted by molar-refractivity contribution is -0.384. The molecule has 3 aliphatic rings. The van der Waals surface area contributed by atoms with Crippen molar-refractivity contribution in [3.8, 4) is 11.5 Å². The smallest absolute Gasteiger partial charge is 0.327 e. The summed E-state index contributed by atoms with van der Waals surface area (Å²) in [6, 6.07) is 8.89. The van der Waals surface area contributed by atoms with Crippen LogP contribution >= 0.6 is 0 Å². The number of nitrogens with one attached hydrogen (secondary N) is 1. The third-order valence-corrected chi connectivity index (χ3v) is 6.83. The van der Waals surface area contributed by atoms with Crippen LogP contribution in [-0.2, 0) is 14.4 Å². The Morgan fingerprint density at radius 1 is 1.17 bits per heavy atom. The Hall–Kier alpha value is -4.03. The minimum atomic E-state index is -2.18. The standard InChI is InChI=1S/C23H21N3O9/c1-11(27)23(22(30)31)18-17(19(24-23)12-5-6-15-16(9-12)35-8-7-34-15)20(28)25(21(18)29)13-3-2-4-14(10-13)26(32)33/h2-6,9-11,17-19,24,27H,7-8H2,1H3,(H,30,31). The van der Waals surface area contributed by atoms with E-state index in [9.17, 15) is 34.7 Å². The van der Waals surface area contributed by atoms with E-state index in [0.29, 0.717) is 30.3 Å². The molecule has 3 heterocycles. The number of non-ortho nitro benzene ring substituents is 1. The third kappa shape index (κ3) is 3.25. The number of hydrogen-bond acceptors (Lipinski definition) is 9. The van der Waals surface area contributed by atoms with E-state index in [1.807, 2.05) is 0 Å². The number of aliphatic hydroxyl groups is 1. The van der Waals surface area contributed by atoms with Crippen LogP contribution in [0, 0.1) is 22.0 Å². The molecule has 5 unspecified atom stereocenters. The van der Waals surface area contributed by atoms with Crippen LogP contribution in [-0.4, -0.2) is 57.8 Å². The molecule has 5 rings (SSSR count). The number of benzene rings is 2. The van der Waals surface area contributed by atoms with Crippen molar-refractivity contribution in [2.24, 2.45) is 11.8 Å².